The molecule has 34 heavy (non-hydrogen) atoms. The first-order chi connectivity index (χ1) is 16.5. The van der Waals surface area contributed by atoms with E-state index in [0.29, 0.717) is 0 Å². The van der Waals surface area contributed by atoms with Crippen molar-refractivity contribution in [3.8, 4) is 5.75 Å². The Morgan fingerprint density at radius 3 is 1.65 bits per heavy atom. The predicted molar refractivity (Wildman–Crippen MR) is 141 cm³/mol. The lowest BCUT2D eigenvalue weighted by Crippen LogP contribution is -2.24. The van der Waals surface area contributed by atoms with Gasteiger partial charge in [0, 0.05) is 23.3 Å². The summed E-state index contributed by atoms with van der Waals surface area (Å²) in [5.41, 5.74) is 6.06. The minimum atomic E-state index is -0.592. The lowest BCUT2D eigenvalue weighted by molar-refractivity contribution is 0.0878. The molecule has 0 spiro atoms. The van der Waals surface area contributed by atoms with Crippen molar-refractivity contribution in [2.24, 2.45) is 0 Å². The van der Waals surface area contributed by atoms with Crippen LogP contribution in [0.4, 0.5) is 0 Å². The molecule has 4 rings (SSSR count). The fourth-order valence-electron chi connectivity index (χ4n) is 4.46. The summed E-state index contributed by atoms with van der Waals surface area (Å²) >= 11 is 0. The van der Waals surface area contributed by atoms with Crippen molar-refractivity contribution in [3.63, 3.8) is 0 Å². The van der Waals surface area contributed by atoms with Crippen LogP contribution >= 0.6 is 0 Å². The predicted octanol–water partition coefficient (Wildman–Crippen LogP) is 7.53. The molecule has 174 valence electrons. The molecule has 0 saturated carbocycles. The van der Waals surface area contributed by atoms with E-state index in [1.54, 1.807) is 0 Å². The van der Waals surface area contributed by atoms with E-state index in [9.17, 15) is 5.11 Å². The van der Waals surface area contributed by atoms with E-state index in [1.807, 2.05) is 31.2 Å². The van der Waals surface area contributed by atoms with Gasteiger partial charge in [0.15, 0.2) is 0 Å². The molecule has 0 aliphatic heterocycles. The van der Waals surface area contributed by atoms with Crippen molar-refractivity contribution in [1.29, 1.82) is 0 Å². The van der Waals surface area contributed by atoms with Crippen LogP contribution in [-0.4, -0.2) is 17.8 Å². The van der Waals surface area contributed by atoms with Gasteiger partial charge in [0.25, 0.3) is 0 Å². The molecule has 0 fully saturated rings. The Balaban J connectivity index is 1.60. The van der Waals surface area contributed by atoms with Gasteiger partial charge < -0.3 is 9.84 Å². The van der Waals surface area contributed by atoms with E-state index in [1.165, 1.54) is 16.7 Å². The van der Waals surface area contributed by atoms with E-state index in [2.05, 4.69) is 98.8 Å². The summed E-state index contributed by atoms with van der Waals surface area (Å²) in [6, 6.07) is 37.7. The third kappa shape index (κ3) is 5.58. The van der Waals surface area contributed by atoms with Gasteiger partial charge in [-0.2, -0.15) is 0 Å². The van der Waals surface area contributed by atoms with Gasteiger partial charge >= 0.3 is 0 Å². The molecule has 0 aliphatic carbocycles. The van der Waals surface area contributed by atoms with Crippen molar-refractivity contribution >= 4 is 0 Å². The molecule has 0 aromatic heterocycles. The third-order valence-corrected chi connectivity index (χ3v) is 6.91. The van der Waals surface area contributed by atoms with Crippen LogP contribution in [-0.2, 0) is 0 Å². The molecule has 0 heterocycles. The van der Waals surface area contributed by atoms with Crippen LogP contribution in [0.5, 0.6) is 5.75 Å². The topological polar surface area (TPSA) is 29.5 Å². The van der Waals surface area contributed by atoms with Gasteiger partial charge in [-0.25, -0.2) is 0 Å². The summed E-state index contributed by atoms with van der Waals surface area (Å²) < 4.78 is 6.27. The second-order valence-corrected chi connectivity index (χ2v) is 9.14. The number of ether oxygens (including phenoxy) is 1. The van der Waals surface area contributed by atoms with Gasteiger partial charge in [0.1, 0.15) is 12.4 Å². The Labute approximate surface area is 203 Å². The molecular weight excluding hydrogens is 416 g/mol. The maximum Gasteiger partial charge on any atom is 0.123 e. The molecule has 0 aliphatic rings. The molecule has 2 heteroatoms. The second-order valence-electron chi connectivity index (χ2n) is 9.14. The maximum atomic E-state index is 10.8. The van der Waals surface area contributed by atoms with E-state index >= 15 is 0 Å². The van der Waals surface area contributed by atoms with E-state index in [4.69, 9.17) is 4.74 Å². The minimum Gasteiger partial charge on any atom is -0.491 e. The number of benzene rings is 4. The Bertz CT molecular complexity index is 1160. The van der Waals surface area contributed by atoms with Crippen LogP contribution in [0.2, 0.25) is 0 Å². The SMILES string of the molecule is CC(c1ccccc1)c1ccc(OCC(O)C(C)c2ccccc2)c(C(C)c2ccccc2)c1. The van der Waals surface area contributed by atoms with Crippen molar-refractivity contribution in [2.75, 3.05) is 6.61 Å². The molecule has 4 atom stereocenters. The highest BCUT2D eigenvalue weighted by Gasteiger charge is 2.21. The monoisotopic (exact) mass is 450 g/mol. The fraction of sp³-hybridized carbons (Fsp3) is 0.250. The summed E-state index contributed by atoms with van der Waals surface area (Å²) in [6.45, 7) is 6.75. The molecule has 2 nitrogen and oxygen atoms in total. The molecule has 0 amide bonds. The van der Waals surface area contributed by atoms with Crippen molar-refractivity contribution in [3.05, 3.63) is 137 Å². The average Bonchev–Trinajstić information content (AvgIpc) is 2.91. The maximum absolute atomic E-state index is 10.8. The van der Waals surface area contributed by atoms with E-state index < -0.39 is 6.10 Å². The zero-order chi connectivity index (χ0) is 23.9. The summed E-state index contributed by atoms with van der Waals surface area (Å²) in [4.78, 5) is 0. The molecule has 0 radical (unpaired) electrons. The zero-order valence-electron chi connectivity index (χ0n) is 20.3. The highest BCUT2D eigenvalue weighted by atomic mass is 16.5. The fourth-order valence-corrected chi connectivity index (χ4v) is 4.46. The Kier molecular flexibility index (Phi) is 7.82. The van der Waals surface area contributed by atoms with Crippen LogP contribution in [0.3, 0.4) is 0 Å². The highest BCUT2D eigenvalue weighted by Crippen LogP contribution is 2.36. The third-order valence-electron chi connectivity index (χ3n) is 6.91. The highest BCUT2D eigenvalue weighted by molar-refractivity contribution is 5.46. The first kappa shape index (κ1) is 23.8. The van der Waals surface area contributed by atoms with Gasteiger partial charge in [0.05, 0.1) is 6.10 Å². The lowest BCUT2D eigenvalue weighted by atomic mass is 9.87. The quantitative estimate of drug-likeness (QED) is 0.285. The van der Waals surface area contributed by atoms with Crippen LogP contribution in [0.1, 0.15) is 66.3 Å². The Morgan fingerprint density at radius 1 is 0.588 bits per heavy atom. The van der Waals surface area contributed by atoms with E-state index in [-0.39, 0.29) is 24.4 Å². The number of rotatable bonds is 9. The smallest absolute Gasteiger partial charge is 0.123 e. The summed E-state index contributed by atoms with van der Waals surface area (Å²) in [5.74, 6) is 1.27. The number of aliphatic hydroxyl groups excluding tert-OH is 1. The molecule has 0 saturated heterocycles. The second kappa shape index (κ2) is 11.2. The molecular formula is C32H34O2. The lowest BCUT2D eigenvalue weighted by Gasteiger charge is -2.24. The van der Waals surface area contributed by atoms with Gasteiger partial charge in [-0.15, -0.1) is 0 Å². The molecule has 4 aromatic rings. The van der Waals surface area contributed by atoms with Gasteiger partial charge in [-0.05, 0) is 28.3 Å². The van der Waals surface area contributed by atoms with Crippen LogP contribution in [0, 0.1) is 0 Å². The molecule has 1 N–H and O–H groups in total. The normalized spacial score (nSPS) is 14.7. The number of aliphatic hydroxyl groups is 1. The number of hydrogen-bond acceptors (Lipinski definition) is 2. The van der Waals surface area contributed by atoms with Gasteiger partial charge in [-0.3, -0.25) is 0 Å². The summed E-state index contributed by atoms with van der Waals surface area (Å²) in [6.07, 6.45) is -0.592. The molecule has 4 aromatic carbocycles. The minimum absolute atomic E-state index is 0.00595. The Morgan fingerprint density at radius 2 is 1.09 bits per heavy atom. The van der Waals surface area contributed by atoms with Crippen molar-refractivity contribution < 1.29 is 9.84 Å². The van der Waals surface area contributed by atoms with Crippen LogP contribution in [0.25, 0.3) is 0 Å². The van der Waals surface area contributed by atoms with Gasteiger partial charge in [0.2, 0.25) is 0 Å². The molecule has 0 bridgehead atoms. The first-order valence-corrected chi connectivity index (χ1v) is 12.1. The largest absolute Gasteiger partial charge is 0.491 e. The summed E-state index contributed by atoms with van der Waals surface area (Å²) in [7, 11) is 0. The van der Waals surface area contributed by atoms with Crippen LogP contribution in [0.15, 0.2) is 109 Å². The van der Waals surface area contributed by atoms with Gasteiger partial charge in [-0.1, -0.05) is 124 Å². The van der Waals surface area contributed by atoms with Crippen LogP contribution < -0.4 is 4.74 Å². The zero-order valence-corrected chi connectivity index (χ0v) is 20.3. The average molecular weight is 451 g/mol. The first-order valence-electron chi connectivity index (χ1n) is 12.1. The Hall–Kier alpha value is -3.36. The van der Waals surface area contributed by atoms with E-state index in [0.717, 1.165) is 16.9 Å². The molecule has 4 unspecified atom stereocenters. The van der Waals surface area contributed by atoms with Crippen molar-refractivity contribution in [1.82, 2.24) is 0 Å². The standard InChI is InChI=1S/C32H34O2/c1-23(26-13-7-4-8-14-26)29-19-20-32(30(21-29)24(2)27-15-9-5-10-16-27)34-22-31(33)25(3)28-17-11-6-12-18-28/h4-21,23-25,31,33H,22H2,1-3H3. The van der Waals surface area contributed by atoms with Crippen molar-refractivity contribution in [2.45, 2.75) is 44.6 Å². The summed E-state index contributed by atoms with van der Waals surface area (Å²) in [5, 5.41) is 10.8. The number of hydrogen-bond donors (Lipinski definition) is 1.